The maximum atomic E-state index is 12.0. The van der Waals surface area contributed by atoms with Crippen molar-refractivity contribution in [2.45, 2.75) is 18.9 Å². The number of sulfone groups is 1. The summed E-state index contributed by atoms with van der Waals surface area (Å²) in [5.41, 5.74) is 7.08. The molecular formula is C13H16N2O3S. The van der Waals surface area contributed by atoms with Gasteiger partial charge in [-0.15, -0.1) is 0 Å². The highest BCUT2D eigenvalue weighted by Crippen LogP contribution is 2.18. The Bertz CT molecular complexity index is 623. The van der Waals surface area contributed by atoms with Gasteiger partial charge in [0.25, 0.3) is 0 Å². The summed E-state index contributed by atoms with van der Waals surface area (Å²) in [4.78, 5) is 12.0. The van der Waals surface area contributed by atoms with Gasteiger partial charge in [-0.05, 0) is 30.7 Å². The van der Waals surface area contributed by atoms with Crippen LogP contribution in [0.4, 0.5) is 5.69 Å². The first-order chi connectivity index (χ1) is 8.87. The summed E-state index contributed by atoms with van der Waals surface area (Å²) in [6.07, 6.45) is 1.50. The number of amides is 1. The number of carbonyl (C=O) groups is 1. The van der Waals surface area contributed by atoms with Crippen molar-refractivity contribution in [1.29, 1.82) is 0 Å². The van der Waals surface area contributed by atoms with Crippen molar-refractivity contribution in [3.63, 3.8) is 0 Å². The summed E-state index contributed by atoms with van der Waals surface area (Å²) >= 11 is 0. The van der Waals surface area contributed by atoms with Gasteiger partial charge in [0.15, 0.2) is 9.84 Å². The molecule has 0 saturated carbocycles. The molecule has 102 valence electrons. The average Bonchev–Trinajstić information content (AvgIpc) is 2.67. The van der Waals surface area contributed by atoms with Gasteiger partial charge in [0, 0.05) is 11.1 Å². The normalized spacial score (nSPS) is 22.1. The number of anilines is 1. The first-order valence-corrected chi connectivity index (χ1v) is 7.66. The molecule has 5 nitrogen and oxygen atoms in total. The highest BCUT2D eigenvalue weighted by atomic mass is 32.2. The van der Waals surface area contributed by atoms with Crippen LogP contribution in [0.2, 0.25) is 0 Å². The lowest BCUT2D eigenvalue weighted by Gasteiger charge is -2.16. The lowest BCUT2D eigenvalue weighted by Crippen LogP contribution is -2.37. The first-order valence-electron chi connectivity index (χ1n) is 5.94. The number of nitrogens with one attached hydrogen (secondary N) is 1. The molecule has 1 aliphatic rings. The van der Waals surface area contributed by atoms with Crippen LogP contribution in [-0.4, -0.2) is 26.1 Å². The Morgan fingerprint density at radius 3 is 2.79 bits per heavy atom. The Kier molecular flexibility index (Phi) is 3.61. The molecule has 0 spiro atoms. The Labute approximate surface area is 112 Å². The van der Waals surface area contributed by atoms with Crippen LogP contribution in [0.1, 0.15) is 18.4 Å². The van der Waals surface area contributed by atoms with Crippen molar-refractivity contribution in [1.82, 2.24) is 5.32 Å². The SMILES string of the molecule is CC(C(=O)NC1C=CS(=O)(=O)C1)c1cccc(N)c1. The van der Waals surface area contributed by atoms with E-state index in [2.05, 4.69) is 5.32 Å². The number of hydrogen-bond acceptors (Lipinski definition) is 4. The minimum Gasteiger partial charge on any atom is -0.399 e. The van der Waals surface area contributed by atoms with Crippen molar-refractivity contribution in [3.8, 4) is 0 Å². The quantitative estimate of drug-likeness (QED) is 0.801. The minimum atomic E-state index is -3.15. The molecule has 6 heteroatoms. The third-order valence-electron chi connectivity index (χ3n) is 3.06. The van der Waals surface area contributed by atoms with E-state index in [1.54, 1.807) is 25.1 Å². The summed E-state index contributed by atoms with van der Waals surface area (Å²) in [6, 6.07) is 6.66. The van der Waals surface area contributed by atoms with Crippen LogP contribution in [0.5, 0.6) is 0 Å². The van der Waals surface area contributed by atoms with Gasteiger partial charge in [-0.2, -0.15) is 0 Å². The van der Waals surface area contributed by atoms with Gasteiger partial charge < -0.3 is 11.1 Å². The Balaban J connectivity index is 2.03. The predicted molar refractivity (Wildman–Crippen MR) is 74.1 cm³/mol. The van der Waals surface area contributed by atoms with Crippen LogP contribution in [0.25, 0.3) is 0 Å². The Hall–Kier alpha value is -1.82. The molecule has 1 heterocycles. The zero-order valence-electron chi connectivity index (χ0n) is 10.5. The van der Waals surface area contributed by atoms with Crippen molar-refractivity contribution >= 4 is 21.4 Å². The number of benzene rings is 1. The van der Waals surface area contributed by atoms with E-state index in [1.807, 2.05) is 6.07 Å². The molecule has 3 N–H and O–H groups in total. The number of nitrogens with two attached hydrogens (primary N) is 1. The second-order valence-corrected chi connectivity index (χ2v) is 6.60. The van der Waals surface area contributed by atoms with Crippen LogP contribution in [0.3, 0.4) is 0 Å². The molecule has 0 saturated heterocycles. The molecule has 1 aromatic carbocycles. The lowest BCUT2D eigenvalue weighted by molar-refractivity contribution is -0.122. The monoisotopic (exact) mass is 280 g/mol. The summed E-state index contributed by atoms with van der Waals surface area (Å²) in [7, 11) is -3.15. The maximum absolute atomic E-state index is 12.0. The van der Waals surface area contributed by atoms with Crippen LogP contribution < -0.4 is 11.1 Å². The Morgan fingerprint density at radius 2 is 2.21 bits per heavy atom. The molecule has 1 aliphatic heterocycles. The molecule has 1 aromatic rings. The van der Waals surface area contributed by atoms with Gasteiger partial charge in [0.05, 0.1) is 17.7 Å². The van der Waals surface area contributed by atoms with Crippen molar-refractivity contribution in [2.24, 2.45) is 0 Å². The van der Waals surface area contributed by atoms with E-state index in [4.69, 9.17) is 5.73 Å². The molecule has 0 aromatic heterocycles. The van der Waals surface area contributed by atoms with Crippen LogP contribution in [-0.2, 0) is 14.6 Å². The summed E-state index contributed by atoms with van der Waals surface area (Å²) in [5.74, 6) is -0.653. The molecule has 0 bridgehead atoms. The second-order valence-electron chi connectivity index (χ2n) is 4.66. The van der Waals surface area contributed by atoms with Crippen LogP contribution >= 0.6 is 0 Å². The van der Waals surface area contributed by atoms with E-state index in [0.29, 0.717) is 5.69 Å². The molecule has 1 amide bonds. The third-order valence-corrected chi connectivity index (χ3v) is 4.46. The molecule has 2 unspecified atom stereocenters. The molecular weight excluding hydrogens is 264 g/mol. The maximum Gasteiger partial charge on any atom is 0.227 e. The van der Waals surface area contributed by atoms with Gasteiger partial charge >= 0.3 is 0 Å². The number of rotatable bonds is 3. The van der Waals surface area contributed by atoms with E-state index in [9.17, 15) is 13.2 Å². The third kappa shape index (κ3) is 3.35. The topological polar surface area (TPSA) is 89.3 Å². The highest BCUT2D eigenvalue weighted by molar-refractivity contribution is 7.94. The van der Waals surface area contributed by atoms with Crippen molar-refractivity contribution < 1.29 is 13.2 Å². The fourth-order valence-corrected chi connectivity index (χ4v) is 3.19. The van der Waals surface area contributed by atoms with Crippen molar-refractivity contribution in [3.05, 3.63) is 41.3 Å². The average molecular weight is 280 g/mol. The molecule has 2 rings (SSSR count). The summed E-state index contributed by atoms with van der Waals surface area (Å²) in [5, 5.41) is 3.85. The highest BCUT2D eigenvalue weighted by Gasteiger charge is 2.25. The van der Waals surface area contributed by atoms with E-state index < -0.39 is 15.9 Å². The van der Waals surface area contributed by atoms with E-state index in [-0.39, 0.29) is 17.6 Å². The number of carbonyl (C=O) groups excluding carboxylic acids is 1. The predicted octanol–water partition coefficient (Wildman–Crippen LogP) is 0.799. The molecule has 0 fully saturated rings. The fourth-order valence-electron chi connectivity index (χ4n) is 1.95. The van der Waals surface area contributed by atoms with Gasteiger partial charge in [-0.1, -0.05) is 12.1 Å². The first kappa shape index (κ1) is 13.6. The lowest BCUT2D eigenvalue weighted by atomic mass is 9.99. The molecule has 19 heavy (non-hydrogen) atoms. The minimum absolute atomic E-state index is 0.0671. The van der Waals surface area contributed by atoms with Gasteiger partial charge in [0.1, 0.15) is 0 Å². The van der Waals surface area contributed by atoms with Gasteiger partial charge in [0.2, 0.25) is 5.91 Å². The van der Waals surface area contributed by atoms with Gasteiger partial charge in [-0.25, -0.2) is 8.42 Å². The smallest absolute Gasteiger partial charge is 0.227 e. The number of nitrogen functional groups attached to an aromatic ring is 1. The van der Waals surface area contributed by atoms with Gasteiger partial charge in [-0.3, -0.25) is 4.79 Å². The number of hydrogen-bond donors (Lipinski definition) is 2. The largest absolute Gasteiger partial charge is 0.399 e. The van der Waals surface area contributed by atoms with E-state index in [1.165, 1.54) is 6.08 Å². The van der Waals surface area contributed by atoms with Crippen LogP contribution in [0, 0.1) is 0 Å². The second kappa shape index (κ2) is 5.05. The van der Waals surface area contributed by atoms with Crippen LogP contribution in [0.15, 0.2) is 35.7 Å². The molecule has 2 atom stereocenters. The fraction of sp³-hybridized carbons (Fsp3) is 0.308. The molecule has 0 radical (unpaired) electrons. The van der Waals surface area contributed by atoms with E-state index in [0.717, 1.165) is 11.0 Å². The standard InChI is InChI=1S/C13H16N2O3S/c1-9(10-3-2-4-11(14)7-10)13(16)15-12-5-6-19(17,18)8-12/h2-7,9,12H,8,14H2,1H3,(H,15,16). The zero-order chi connectivity index (χ0) is 14.0. The Morgan fingerprint density at radius 1 is 1.47 bits per heavy atom. The van der Waals surface area contributed by atoms with E-state index >= 15 is 0 Å². The summed E-state index contributed by atoms with van der Waals surface area (Å²) < 4.78 is 22.5. The summed E-state index contributed by atoms with van der Waals surface area (Å²) in [6.45, 7) is 1.76. The van der Waals surface area contributed by atoms with Crippen molar-refractivity contribution in [2.75, 3.05) is 11.5 Å². The zero-order valence-corrected chi connectivity index (χ0v) is 11.4. The molecule has 0 aliphatic carbocycles.